The molecular weight excluding hydrogens is 263 g/mol. The number of hydrogen-bond donors (Lipinski definition) is 1. The van der Waals surface area contributed by atoms with Gasteiger partial charge in [-0.3, -0.25) is 0 Å². The Morgan fingerprint density at radius 3 is 2.70 bits per heavy atom. The third kappa shape index (κ3) is 1.46. The quantitative estimate of drug-likeness (QED) is 0.686. The summed E-state index contributed by atoms with van der Waals surface area (Å²) in [5.41, 5.74) is 3.15. The van der Waals surface area contributed by atoms with Crippen LogP contribution in [0.4, 0.5) is 4.39 Å². The highest BCUT2D eigenvalue weighted by atomic mass is 19.1. The third-order valence-corrected chi connectivity index (χ3v) is 3.43. The molecule has 0 radical (unpaired) electrons. The Bertz CT molecular complexity index is 791. The van der Waals surface area contributed by atoms with E-state index in [0.29, 0.717) is 41.3 Å². The van der Waals surface area contributed by atoms with Crippen LogP contribution in [0.2, 0.25) is 0 Å². The van der Waals surface area contributed by atoms with Gasteiger partial charge in [0.1, 0.15) is 17.2 Å². The van der Waals surface area contributed by atoms with E-state index < -0.39 is 0 Å². The smallest absolute Gasteiger partial charge is 0.176 e. The maximum absolute atomic E-state index is 13.0. The second-order valence-corrected chi connectivity index (χ2v) is 4.61. The summed E-state index contributed by atoms with van der Waals surface area (Å²) in [6.07, 6.45) is 1.24. The maximum atomic E-state index is 13.0. The number of aromatic nitrogens is 4. The molecule has 1 N–H and O–H groups in total. The van der Waals surface area contributed by atoms with Crippen LogP contribution in [0, 0.1) is 5.82 Å². The number of aryl methyl sites for hydroxylation is 1. The zero-order valence-corrected chi connectivity index (χ0v) is 10.2. The Morgan fingerprint density at radius 1 is 1.10 bits per heavy atom. The summed E-state index contributed by atoms with van der Waals surface area (Å²) >= 11 is 0. The SMILES string of the molecule is On1c(-c2ccc(F)cc2)nc2c1CCc1nonc1-2. The molecule has 2 heterocycles. The Kier molecular flexibility index (Phi) is 2.17. The average molecular weight is 272 g/mol. The molecule has 1 aliphatic rings. The lowest BCUT2D eigenvalue weighted by molar-refractivity contribution is 0.181. The molecule has 1 aromatic carbocycles. The molecule has 0 spiro atoms. The van der Waals surface area contributed by atoms with Crippen LogP contribution in [0.25, 0.3) is 22.8 Å². The van der Waals surface area contributed by atoms with Gasteiger partial charge in [0.15, 0.2) is 11.5 Å². The molecule has 2 aromatic heterocycles. The van der Waals surface area contributed by atoms with Gasteiger partial charge in [0, 0.05) is 12.0 Å². The first kappa shape index (κ1) is 11.2. The highest BCUT2D eigenvalue weighted by Crippen LogP contribution is 2.33. The minimum Gasteiger partial charge on any atom is -0.427 e. The molecule has 1 aliphatic carbocycles. The maximum Gasteiger partial charge on any atom is 0.176 e. The number of benzene rings is 1. The van der Waals surface area contributed by atoms with Crippen molar-refractivity contribution < 1.29 is 14.2 Å². The number of fused-ring (bicyclic) bond motifs is 3. The molecule has 0 unspecified atom stereocenters. The highest BCUT2D eigenvalue weighted by molar-refractivity contribution is 5.68. The Hall–Kier alpha value is -2.70. The van der Waals surface area contributed by atoms with E-state index in [2.05, 4.69) is 15.3 Å². The van der Waals surface area contributed by atoms with E-state index in [4.69, 9.17) is 4.63 Å². The lowest BCUT2D eigenvalue weighted by Crippen LogP contribution is -2.07. The molecule has 6 nitrogen and oxygen atoms in total. The molecule has 0 saturated carbocycles. The van der Waals surface area contributed by atoms with Crippen molar-refractivity contribution in [3.05, 3.63) is 41.5 Å². The first-order chi connectivity index (χ1) is 9.74. The molecule has 20 heavy (non-hydrogen) atoms. The van der Waals surface area contributed by atoms with Crippen molar-refractivity contribution in [1.82, 2.24) is 20.0 Å². The Balaban J connectivity index is 1.90. The summed E-state index contributed by atoms with van der Waals surface area (Å²) in [5, 5.41) is 17.9. The monoisotopic (exact) mass is 272 g/mol. The fraction of sp³-hybridized carbons (Fsp3) is 0.154. The minimum absolute atomic E-state index is 0.336. The van der Waals surface area contributed by atoms with Gasteiger partial charge in [-0.25, -0.2) is 14.0 Å². The van der Waals surface area contributed by atoms with Crippen LogP contribution < -0.4 is 0 Å². The summed E-state index contributed by atoms with van der Waals surface area (Å²) in [7, 11) is 0. The standard InChI is InChI=1S/C13H9FN4O2/c14-8-3-1-7(2-4-8)13-15-12-10(18(13)19)6-5-9-11(12)17-20-16-9/h1-4,19H,5-6H2. The molecular formula is C13H9FN4O2. The van der Waals surface area contributed by atoms with E-state index in [1.165, 1.54) is 12.1 Å². The minimum atomic E-state index is -0.336. The predicted octanol–water partition coefficient (Wildman–Crippen LogP) is 2.08. The zero-order chi connectivity index (χ0) is 13.7. The van der Waals surface area contributed by atoms with Crippen LogP contribution in [0.1, 0.15) is 11.4 Å². The van der Waals surface area contributed by atoms with Gasteiger partial charge in [-0.2, -0.15) is 4.73 Å². The van der Waals surface area contributed by atoms with Gasteiger partial charge in [-0.05, 0) is 35.8 Å². The number of imidazole rings is 1. The zero-order valence-electron chi connectivity index (χ0n) is 10.2. The molecule has 0 amide bonds. The summed E-state index contributed by atoms with van der Waals surface area (Å²) in [4.78, 5) is 4.39. The second kappa shape index (κ2) is 3.89. The second-order valence-electron chi connectivity index (χ2n) is 4.61. The first-order valence-electron chi connectivity index (χ1n) is 6.12. The molecule has 0 bridgehead atoms. The lowest BCUT2D eigenvalue weighted by atomic mass is 10.0. The number of hydrogen-bond acceptors (Lipinski definition) is 5. The Morgan fingerprint density at radius 2 is 1.90 bits per heavy atom. The van der Waals surface area contributed by atoms with E-state index in [9.17, 15) is 9.60 Å². The van der Waals surface area contributed by atoms with Gasteiger partial charge in [-0.1, -0.05) is 5.16 Å². The highest BCUT2D eigenvalue weighted by Gasteiger charge is 2.28. The third-order valence-electron chi connectivity index (χ3n) is 3.43. The summed E-state index contributed by atoms with van der Waals surface area (Å²) < 4.78 is 18.7. The van der Waals surface area contributed by atoms with Crippen LogP contribution >= 0.6 is 0 Å². The van der Waals surface area contributed by atoms with Crippen LogP contribution in [-0.4, -0.2) is 25.2 Å². The lowest BCUT2D eigenvalue weighted by Gasteiger charge is -2.08. The van der Waals surface area contributed by atoms with Crippen molar-refractivity contribution >= 4 is 0 Å². The van der Waals surface area contributed by atoms with E-state index in [0.717, 1.165) is 10.4 Å². The van der Waals surface area contributed by atoms with Crippen molar-refractivity contribution in [3.63, 3.8) is 0 Å². The van der Waals surface area contributed by atoms with Gasteiger partial charge >= 0.3 is 0 Å². The molecule has 0 atom stereocenters. The number of nitrogens with zero attached hydrogens (tertiary/aromatic N) is 4. The summed E-state index contributed by atoms with van der Waals surface area (Å²) in [5.74, 6) is 0.0170. The molecule has 3 aromatic rings. The van der Waals surface area contributed by atoms with Crippen LogP contribution in [0.3, 0.4) is 0 Å². The summed E-state index contributed by atoms with van der Waals surface area (Å²) in [6.45, 7) is 0. The average Bonchev–Trinajstić information content (AvgIpc) is 3.04. The van der Waals surface area contributed by atoms with E-state index in [-0.39, 0.29) is 5.82 Å². The molecule has 0 fully saturated rings. The van der Waals surface area contributed by atoms with Crippen LogP contribution in [0.5, 0.6) is 0 Å². The predicted molar refractivity (Wildman–Crippen MR) is 65.5 cm³/mol. The topological polar surface area (TPSA) is 77.0 Å². The summed E-state index contributed by atoms with van der Waals surface area (Å²) in [6, 6.07) is 5.79. The van der Waals surface area contributed by atoms with Crippen LogP contribution in [-0.2, 0) is 12.8 Å². The van der Waals surface area contributed by atoms with Gasteiger partial charge < -0.3 is 5.21 Å². The van der Waals surface area contributed by atoms with Crippen molar-refractivity contribution in [3.8, 4) is 22.8 Å². The Labute approximate surface area is 112 Å². The van der Waals surface area contributed by atoms with Crippen molar-refractivity contribution in [2.24, 2.45) is 0 Å². The molecule has 4 rings (SSSR count). The fourth-order valence-electron chi connectivity index (χ4n) is 2.43. The van der Waals surface area contributed by atoms with E-state index >= 15 is 0 Å². The van der Waals surface area contributed by atoms with Gasteiger partial charge in [-0.15, -0.1) is 0 Å². The first-order valence-corrected chi connectivity index (χ1v) is 6.12. The van der Waals surface area contributed by atoms with E-state index in [1.54, 1.807) is 12.1 Å². The fourth-order valence-corrected chi connectivity index (χ4v) is 2.43. The van der Waals surface area contributed by atoms with Crippen molar-refractivity contribution in [2.45, 2.75) is 12.8 Å². The van der Waals surface area contributed by atoms with Gasteiger partial charge in [0.05, 0.1) is 5.69 Å². The van der Waals surface area contributed by atoms with Gasteiger partial charge in [0.2, 0.25) is 0 Å². The van der Waals surface area contributed by atoms with Crippen molar-refractivity contribution in [1.29, 1.82) is 0 Å². The molecule has 100 valence electrons. The van der Waals surface area contributed by atoms with E-state index in [1.807, 2.05) is 0 Å². The van der Waals surface area contributed by atoms with Crippen molar-refractivity contribution in [2.75, 3.05) is 0 Å². The normalized spacial score (nSPS) is 13.1. The van der Waals surface area contributed by atoms with Crippen LogP contribution in [0.15, 0.2) is 28.9 Å². The molecule has 7 heteroatoms. The molecule has 0 aliphatic heterocycles. The molecule has 0 saturated heterocycles. The number of halogens is 1. The van der Waals surface area contributed by atoms with Gasteiger partial charge in [0.25, 0.3) is 0 Å². The largest absolute Gasteiger partial charge is 0.427 e. The number of rotatable bonds is 1.